The van der Waals surface area contributed by atoms with Crippen LogP contribution in [0.5, 0.6) is 0 Å². The summed E-state index contributed by atoms with van der Waals surface area (Å²) in [6.07, 6.45) is -0.480. The quantitative estimate of drug-likeness (QED) is 0.143. The van der Waals surface area contributed by atoms with Gasteiger partial charge in [0.15, 0.2) is 17.5 Å². The zero-order valence-corrected chi connectivity index (χ0v) is 25.6. The molecule has 0 saturated carbocycles. The molecule has 7 nitrogen and oxygen atoms in total. The summed E-state index contributed by atoms with van der Waals surface area (Å²) in [7, 11) is 0. The third-order valence-corrected chi connectivity index (χ3v) is 5.42. The molecule has 0 radical (unpaired) electrons. The third kappa shape index (κ3) is 10.6. The van der Waals surface area contributed by atoms with Gasteiger partial charge in [-0.15, -0.1) is 0 Å². The van der Waals surface area contributed by atoms with Crippen LogP contribution in [0.2, 0.25) is 0 Å². The maximum absolute atomic E-state index is 14.9. The third-order valence-electron chi connectivity index (χ3n) is 4.46. The minimum Gasteiger partial charge on any atom is -0.460 e. The van der Waals surface area contributed by atoms with Gasteiger partial charge in [-0.05, 0) is 54.0 Å². The van der Waals surface area contributed by atoms with Crippen molar-refractivity contribution in [3.8, 4) is 0 Å². The number of carbonyl (C=O) groups is 3. The van der Waals surface area contributed by atoms with E-state index in [0.29, 0.717) is 14.9 Å². The highest BCUT2D eigenvalue weighted by molar-refractivity contribution is 14.1. The van der Waals surface area contributed by atoms with E-state index in [0.717, 1.165) is 0 Å². The zero-order valence-electron chi connectivity index (χ0n) is 21.3. The minimum atomic E-state index is -1.54. The SMILES string of the molecule is CC(C)(C)OC(=O)CC[C@H](NC(=O)c1cc(F)c(N(CCI)CCI)c(F)c1F)C(=O)OC(C)(C)C. The normalized spacial score (nSPS) is 12.6. The molecule has 0 aliphatic carbocycles. The number of amides is 1. The van der Waals surface area contributed by atoms with Crippen LogP contribution in [0.15, 0.2) is 6.07 Å². The number of nitrogens with zero attached hydrogens (tertiary/aromatic N) is 1. The number of anilines is 1. The van der Waals surface area contributed by atoms with E-state index in [4.69, 9.17) is 9.47 Å². The Labute approximate surface area is 237 Å². The first-order valence-corrected chi connectivity index (χ1v) is 14.4. The molecule has 1 amide bonds. The molecule has 1 atom stereocenters. The molecule has 1 aromatic rings. The van der Waals surface area contributed by atoms with Gasteiger partial charge in [-0.1, -0.05) is 45.2 Å². The molecule has 0 spiro atoms. The van der Waals surface area contributed by atoms with Crippen LogP contribution in [-0.4, -0.2) is 57.0 Å². The van der Waals surface area contributed by atoms with Crippen molar-refractivity contribution in [1.82, 2.24) is 5.32 Å². The summed E-state index contributed by atoms with van der Waals surface area (Å²) < 4.78 is 56.3. The number of carbonyl (C=O) groups excluding carboxylic acids is 3. The van der Waals surface area contributed by atoms with Crippen LogP contribution in [0.25, 0.3) is 0 Å². The average Bonchev–Trinajstić information content (AvgIpc) is 2.71. The number of rotatable bonds is 11. The Bertz CT molecular complexity index is 943. The Balaban J connectivity index is 3.24. The Hall–Kier alpha value is -1.32. The summed E-state index contributed by atoms with van der Waals surface area (Å²) in [5, 5.41) is 2.26. The van der Waals surface area contributed by atoms with Crippen LogP contribution in [0.3, 0.4) is 0 Å². The second-order valence-corrected chi connectivity index (χ2v) is 12.1. The van der Waals surface area contributed by atoms with E-state index < -0.39 is 63.8 Å². The number of alkyl halides is 2. The maximum atomic E-state index is 14.9. The highest BCUT2D eigenvalue weighted by atomic mass is 127. The summed E-state index contributed by atoms with van der Waals surface area (Å²) >= 11 is 4.08. The highest BCUT2D eigenvalue weighted by Gasteiger charge is 2.31. The molecule has 36 heavy (non-hydrogen) atoms. The van der Waals surface area contributed by atoms with Gasteiger partial charge in [-0.3, -0.25) is 9.59 Å². The van der Waals surface area contributed by atoms with Crippen molar-refractivity contribution < 1.29 is 37.0 Å². The van der Waals surface area contributed by atoms with Crippen molar-refractivity contribution in [2.75, 3.05) is 26.8 Å². The van der Waals surface area contributed by atoms with Gasteiger partial charge >= 0.3 is 11.9 Å². The molecular formula is C24H33F3I2N2O5. The number of esters is 2. The first kappa shape index (κ1) is 32.7. The molecule has 0 saturated heterocycles. The van der Waals surface area contributed by atoms with Crippen molar-refractivity contribution in [3.05, 3.63) is 29.1 Å². The van der Waals surface area contributed by atoms with Crippen molar-refractivity contribution >= 4 is 68.7 Å². The van der Waals surface area contributed by atoms with Crippen LogP contribution in [0.4, 0.5) is 18.9 Å². The predicted molar refractivity (Wildman–Crippen MR) is 148 cm³/mol. The van der Waals surface area contributed by atoms with E-state index in [1.165, 1.54) is 4.90 Å². The van der Waals surface area contributed by atoms with Gasteiger partial charge in [-0.2, -0.15) is 0 Å². The molecule has 0 heterocycles. The van der Waals surface area contributed by atoms with E-state index in [9.17, 15) is 27.6 Å². The van der Waals surface area contributed by atoms with Gasteiger partial charge in [0, 0.05) is 28.4 Å². The van der Waals surface area contributed by atoms with Gasteiger partial charge in [-0.25, -0.2) is 18.0 Å². The topological polar surface area (TPSA) is 84.9 Å². The lowest BCUT2D eigenvalue weighted by atomic mass is 10.1. The van der Waals surface area contributed by atoms with Crippen molar-refractivity contribution in [1.29, 1.82) is 0 Å². The van der Waals surface area contributed by atoms with Crippen LogP contribution in [-0.2, 0) is 19.1 Å². The lowest BCUT2D eigenvalue weighted by Crippen LogP contribution is -2.45. The van der Waals surface area contributed by atoms with Gasteiger partial charge in [0.2, 0.25) is 0 Å². The van der Waals surface area contributed by atoms with Gasteiger partial charge in [0.25, 0.3) is 5.91 Å². The molecule has 0 fully saturated rings. The first-order valence-electron chi connectivity index (χ1n) is 11.3. The molecule has 204 valence electrons. The molecule has 0 unspecified atom stereocenters. The van der Waals surface area contributed by atoms with Crippen molar-refractivity contribution in [2.24, 2.45) is 0 Å². The van der Waals surface area contributed by atoms with Gasteiger partial charge in [0.05, 0.1) is 5.56 Å². The molecule has 1 N–H and O–H groups in total. The maximum Gasteiger partial charge on any atom is 0.329 e. The lowest BCUT2D eigenvalue weighted by molar-refractivity contribution is -0.158. The second-order valence-electron chi connectivity index (χ2n) is 9.93. The van der Waals surface area contributed by atoms with E-state index in [1.807, 2.05) is 45.2 Å². The molecular weight excluding hydrogens is 707 g/mol. The molecule has 12 heteroatoms. The molecule has 0 aliphatic heterocycles. The number of hydrogen-bond donors (Lipinski definition) is 1. The van der Waals surface area contributed by atoms with E-state index in [2.05, 4.69) is 5.32 Å². The molecule has 1 rings (SSSR count). The summed E-state index contributed by atoms with van der Waals surface area (Å²) in [4.78, 5) is 39.0. The zero-order chi connectivity index (χ0) is 27.8. The number of hydrogen-bond acceptors (Lipinski definition) is 6. The molecule has 0 aromatic heterocycles. The van der Waals surface area contributed by atoms with Crippen molar-refractivity contribution in [2.45, 2.75) is 71.6 Å². The molecule has 0 bridgehead atoms. The average molecular weight is 740 g/mol. The number of ether oxygens (including phenoxy) is 2. The highest BCUT2D eigenvalue weighted by Crippen LogP contribution is 2.29. The fourth-order valence-corrected chi connectivity index (χ4v) is 4.26. The molecule has 1 aromatic carbocycles. The Morgan fingerprint density at radius 1 is 0.944 bits per heavy atom. The molecule has 0 aliphatic rings. The fourth-order valence-electron chi connectivity index (χ4n) is 3.09. The standard InChI is InChI=1S/C24H33F3I2N2O5/c1-23(2,3)35-17(32)8-7-16(22(34)36-24(4,5)6)30-21(33)14-13-15(25)20(19(27)18(14)26)31(11-9-28)12-10-29/h13,16H,7-12H2,1-6H3,(H,30,33)/t16-/m0/s1. The Morgan fingerprint density at radius 2 is 1.47 bits per heavy atom. The minimum absolute atomic E-state index is 0.223. The summed E-state index contributed by atoms with van der Waals surface area (Å²) in [6.45, 7) is 10.4. The van der Waals surface area contributed by atoms with Gasteiger partial charge < -0.3 is 19.7 Å². The fraction of sp³-hybridized carbons (Fsp3) is 0.625. The summed E-state index contributed by atoms with van der Waals surface area (Å²) in [6, 6.07) is -0.778. The van der Waals surface area contributed by atoms with Crippen LogP contribution in [0.1, 0.15) is 64.7 Å². The Morgan fingerprint density at radius 3 is 1.94 bits per heavy atom. The van der Waals surface area contributed by atoms with Crippen LogP contribution >= 0.6 is 45.2 Å². The number of halogens is 5. The Kier molecular flexibility index (Phi) is 12.7. The predicted octanol–water partition coefficient (Wildman–Crippen LogP) is 5.34. The lowest BCUT2D eigenvalue weighted by Gasteiger charge is -2.26. The van der Waals surface area contributed by atoms with Crippen LogP contribution in [0, 0.1) is 17.5 Å². The summed E-state index contributed by atoms with van der Waals surface area (Å²) in [5.74, 6) is -6.85. The largest absolute Gasteiger partial charge is 0.460 e. The second kappa shape index (κ2) is 14.0. The van der Waals surface area contributed by atoms with E-state index >= 15 is 0 Å². The smallest absolute Gasteiger partial charge is 0.329 e. The van der Waals surface area contributed by atoms with Crippen LogP contribution < -0.4 is 10.2 Å². The number of benzene rings is 1. The number of nitrogens with one attached hydrogen (secondary N) is 1. The van der Waals surface area contributed by atoms with E-state index in [1.54, 1.807) is 41.5 Å². The van der Waals surface area contributed by atoms with E-state index in [-0.39, 0.29) is 25.9 Å². The monoisotopic (exact) mass is 740 g/mol. The van der Waals surface area contributed by atoms with Gasteiger partial charge in [0.1, 0.15) is 22.9 Å². The summed E-state index contributed by atoms with van der Waals surface area (Å²) in [5.41, 5.74) is -3.13. The van der Waals surface area contributed by atoms with Crippen molar-refractivity contribution in [3.63, 3.8) is 0 Å². The first-order chi connectivity index (χ1) is 16.5.